The van der Waals surface area contributed by atoms with Gasteiger partial charge in [-0.1, -0.05) is 35.6 Å². The molecule has 0 aliphatic heterocycles. The molecule has 0 unspecified atom stereocenters. The van der Waals surface area contributed by atoms with Crippen molar-refractivity contribution in [3.63, 3.8) is 0 Å². The third-order valence-corrected chi connectivity index (χ3v) is 5.36. The number of benzene rings is 2. The molecule has 0 bridgehead atoms. The molecule has 170 valence electrons. The monoisotopic (exact) mass is 464 g/mol. The first kappa shape index (κ1) is 23.8. The second-order valence-electron chi connectivity index (χ2n) is 7.08. The van der Waals surface area contributed by atoms with E-state index in [-0.39, 0.29) is 5.57 Å². The Labute approximate surface area is 196 Å². The lowest BCUT2D eigenvalue weighted by molar-refractivity contribution is -0.112. The fourth-order valence-electron chi connectivity index (χ4n) is 3.04. The molecule has 0 saturated heterocycles. The van der Waals surface area contributed by atoms with E-state index in [1.54, 1.807) is 25.1 Å². The lowest BCUT2D eigenvalue weighted by Gasteiger charge is -2.14. The number of carbonyl (C=O) groups is 1. The van der Waals surface area contributed by atoms with Crippen molar-refractivity contribution >= 4 is 28.5 Å². The maximum atomic E-state index is 12.4. The number of nitrogens with one attached hydrogen (secondary N) is 1. The van der Waals surface area contributed by atoms with Crippen molar-refractivity contribution in [3.05, 3.63) is 63.7 Å². The number of methoxy groups -OCH3 is 1. The Morgan fingerprint density at radius 2 is 1.82 bits per heavy atom. The average Bonchev–Trinajstić information content (AvgIpc) is 3.21. The topological polar surface area (TPSA) is 106 Å². The standard InChI is InChI=1S/C24H24N4O4S/c1-15-6-5-7-16(2)22(15)32-11-10-31-20-9-8-18(13-21(20)30-4)12-19(14-25)23(29)26-24-28-27-17(3)33-24/h5-9,12-13H,10-11H2,1-4H3,(H,26,28,29)/b19-12-. The molecule has 0 radical (unpaired) electrons. The highest BCUT2D eigenvalue weighted by Gasteiger charge is 2.13. The van der Waals surface area contributed by atoms with Gasteiger partial charge in [0.15, 0.2) is 11.5 Å². The van der Waals surface area contributed by atoms with Crippen LogP contribution in [0, 0.1) is 32.1 Å². The van der Waals surface area contributed by atoms with Crippen LogP contribution in [0.15, 0.2) is 42.0 Å². The first-order chi connectivity index (χ1) is 15.9. The van der Waals surface area contributed by atoms with Crippen molar-refractivity contribution in [1.29, 1.82) is 5.26 Å². The van der Waals surface area contributed by atoms with Crippen LogP contribution in [0.25, 0.3) is 6.08 Å². The Morgan fingerprint density at radius 1 is 1.09 bits per heavy atom. The minimum atomic E-state index is -0.559. The van der Waals surface area contributed by atoms with Gasteiger partial charge in [0.1, 0.15) is 35.6 Å². The fourth-order valence-corrected chi connectivity index (χ4v) is 3.63. The largest absolute Gasteiger partial charge is 0.493 e. The number of nitrogens with zero attached hydrogens (tertiary/aromatic N) is 3. The molecule has 0 saturated carbocycles. The Balaban J connectivity index is 1.64. The maximum Gasteiger partial charge on any atom is 0.268 e. The van der Waals surface area contributed by atoms with Crippen LogP contribution in [-0.4, -0.2) is 36.4 Å². The molecular weight excluding hydrogens is 440 g/mol. The van der Waals surface area contributed by atoms with Gasteiger partial charge < -0.3 is 14.2 Å². The first-order valence-corrected chi connectivity index (χ1v) is 11.0. The number of aromatic nitrogens is 2. The summed E-state index contributed by atoms with van der Waals surface area (Å²) in [6.07, 6.45) is 1.47. The SMILES string of the molecule is COc1cc(/C=C(/C#N)C(=O)Nc2nnc(C)s2)ccc1OCCOc1c(C)cccc1C. The van der Waals surface area contributed by atoms with Crippen LogP contribution >= 0.6 is 11.3 Å². The van der Waals surface area contributed by atoms with Crippen molar-refractivity contribution in [1.82, 2.24) is 10.2 Å². The van der Waals surface area contributed by atoms with E-state index < -0.39 is 5.91 Å². The van der Waals surface area contributed by atoms with Crippen molar-refractivity contribution in [2.24, 2.45) is 0 Å². The van der Waals surface area contributed by atoms with Crippen LogP contribution in [0.1, 0.15) is 21.7 Å². The molecule has 3 aromatic rings. The minimum Gasteiger partial charge on any atom is -0.493 e. The van der Waals surface area contributed by atoms with Crippen LogP contribution in [0.3, 0.4) is 0 Å². The third kappa shape index (κ3) is 6.30. The lowest BCUT2D eigenvalue weighted by Crippen LogP contribution is -2.13. The number of carbonyl (C=O) groups excluding carboxylic acids is 1. The van der Waals surface area contributed by atoms with Crippen LogP contribution in [0.5, 0.6) is 17.2 Å². The molecule has 0 aliphatic carbocycles. The van der Waals surface area contributed by atoms with Gasteiger partial charge >= 0.3 is 0 Å². The van der Waals surface area contributed by atoms with Crippen LogP contribution < -0.4 is 19.5 Å². The van der Waals surface area contributed by atoms with E-state index in [4.69, 9.17) is 14.2 Å². The van der Waals surface area contributed by atoms with E-state index in [0.717, 1.165) is 16.9 Å². The van der Waals surface area contributed by atoms with Crippen molar-refractivity contribution in [2.75, 3.05) is 25.6 Å². The van der Waals surface area contributed by atoms with Crippen molar-refractivity contribution in [2.45, 2.75) is 20.8 Å². The number of hydrogen-bond acceptors (Lipinski definition) is 8. The molecule has 0 aliphatic rings. The summed E-state index contributed by atoms with van der Waals surface area (Å²) in [5, 5.41) is 20.7. The van der Waals surface area contributed by atoms with E-state index in [0.29, 0.717) is 40.4 Å². The third-order valence-electron chi connectivity index (χ3n) is 4.61. The zero-order valence-electron chi connectivity index (χ0n) is 18.8. The van der Waals surface area contributed by atoms with Gasteiger partial charge in [-0.05, 0) is 55.7 Å². The molecule has 0 atom stereocenters. The summed E-state index contributed by atoms with van der Waals surface area (Å²) in [6, 6.07) is 13.1. The molecule has 1 N–H and O–H groups in total. The second kappa shape index (κ2) is 11.1. The van der Waals surface area contributed by atoms with Gasteiger partial charge in [0.05, 0.1) is 7.11 Å². The average molecular weight is 465 g/mol. The first-order valence-electron chi connectivity index (χ1n) is 10.1. The van der Waals surface area contributed by atoms with E-state index in [1.807, 2.05) is 38.1 Å². The zero-order chi connectivity index (χ0) is 23.8. The number of rotatable bonds is 9. The molecule has 8 nitrogen and oxygen atoms in total. The van der Waals surface area contributed by atoms with Crippen LogP contribution in [-0.2, 0) is 4.79 Å². The van der Waals surface area contributed by atoms with E-state index in [9.17, 15) is 10.1 Å². The highest BCUT2D eigenvalue weighted by Crippen LogP contribution is 2.29. The molecule has 2 aromatic carbocycles. The molecule has 0 fully saturated rings. The molecule has 3 rings (SSSR count). The van der Waals surface area contributed by atoms with Gasteiger partial charge in [-0.15, -0.1) is 10.2 Å². The molecular formula is C24H24N4O4S. The number of hydrogen-bond donors (Lipinski definition) is 1. The Bertz CT molecular complexity index is 1190. The zero-order valence-corrected chi connectivity index (χ0v) is 19.7. The van der Waals surface area contributed by atoms with Crippen LogP contribution in [0.4, 0.5) is 5.13 Å². The van der Waals surface area contributed by atoms with Crippen molar-refractivity contribution < 1.29 is 19.0 Å². The summed E-state index contributed by atoms with van der Waals surface area (Å²) in [7, 11) is 1.53. The normalized spacial score (nSPS) is 10.9. The maximum absolute atomic E-state index is 12.4. The molecule has 33 heavy (non-hydrogen) atoms. The summed E-state index contributed by atoms with van der Waals surface area (Å²) in [6.45, 7) is 6.49. The quantitative estimate of drug-likeness (QED) is 0.283. The Kier molecular flexibility index (Phi) is 8.00. The summed E-state index contributed by atoms with van der Waals surface area (Å²) in [5.74, 6) is 1.32. The fraction of sp³-hybridized carbons (Fsp3) is 0.250. The predicted molar refractivity (Wildman–Crippen MR) is 127 cm³/mol. The van der Waals surface area contributed by atoms with Crippen LogP contribution in [0.2, 0.25) is 0 Å². The van der Waals surface area contributed by atoms with Crippen molar-refractivity contribution in [3.8, 4) is 23.3 Å². The van der Waals surface area contributed by atoms with Gasteiger partial charge in [0.25, 0.3) is 5.91 Å². The highest BCUT2D eigenvalue weighted by molar-refractivity contribution is 7.15. The van der Waals surface area contributed by atoms with Gasteiger partial charge in [-0.25, -0.2) is 0 Å². The number of nitriles is 1. The van der Waals surface area contributed by atoms with Gasteiger partial charge in [0, 0.05) is 0 Å². The molecule has 9 heteroatoms. The lowest BCUT2D eigenvalue weighted by atomic mass is 10.1. The molecule has 1 amide bonds. The Hall–Kier alpha value is -3.90. The van der Waals surface area contributed by atoms with E-state index >= 15 is 0 Å². The number of aryl methyl sites for hydroxylation is 3. The predicted octanol–water partition coefficient (Wildman–Crippen LogP) is 4.48. The summed E-state index contributed by atoms with van der Waals surface area (Å²) < 4.78 is 17.1. The second-order valence-corrected chi connectivity index (χ2v) is 8.26. The van der Waals surface area contributed by atoms with Gasteiger partial charge in [-0.2, -0.15) is 5.26 Å². The number of anilines is 1. The summed E-state index contributed by atoms with van der Waals surface area (Å²) in [5.41, 5.74) is 2.69. The molecule has 0 spiro atoms. The van der Waals surface area contributed by atoms with E-state index in [1.165, 1.54) is 24.5 Å². The van der Waals surface area contributed by atoms with Gasteiger partial charge in [-0.3, -0.25) is 10.1 Å². The number of para-hydroxylation sites is 1. The number of amides is 1. The summed E-state index contributed by atoms with van der Waals surface area (Å²) >= 11 is 1.23. The minimum absolute atomic E-state index is 0.0689. The molecule has 1 heterocycles. The smallest absolute Gasteiger partial charge is 0.268 e. The molecule has 1 aromatic heterocycles. The van der Waals surface area contributed by atoms with Gasteiger partial charge in [0.2, 0.25) is 5.13 Å². The number of ether oxygens (including phenoxy) is 3. The van der Waals surface area contributed by atoms with E-state index in [2.05, 4.69) is 15.5 Å². The Morgan fingerprint density at radius 3 is 2.45 bits per heavy atom. The highest BCUT2D eigenvalue weighted by atomic mass is 32.1. The summed E-state index contributed by atoms with van der Waals surface area (Å²) in [4.78, 5) is 12.4.